The predicted octanol–water partition coefficient (Wildman–Crippen LogP) is 3.39. The van der Waals surface area contributed by atoms with Crippen LogP contribution in [0.4, 0.5) is 4.39 Å². The average molecular weight is 409 g/mol. The monoisotopic (exact) mass is 409 g/mol. The number of hydrogen-bond donors (Lipinski definition) is 0. The van der Waals surface area contributed by atoms with Crippen LogP contribution in [0.2, 0.25) is 0 Å². The maximum absolute atomic E-state index is 13.9. The molecule has 0 atom stereocenters. The Morgan fingerprint density at radius 1 is 1.14 bits per heavy atom. The van der Waals surface area contributed by atoms with Crippen LogP contribution in [0.3, 0.4) is 0 Å². The van der Waals surface area contributed by atoms with Gasteiger partial charge in [0.25, 0.3) is 0 Å². The molecule has 2 aromatic heterocycles. The molecule has 0 saturated carbocycles. The molecule has 0 aliphatic heterocycles. The van der Waals surface area contributed by atoms with E-state index in [0.717, 1.165) is 0 Å². The summed E-state index contributed by atoms with van der Waals surface area (Å²) in [5.41, 5.74) is 2.05. The molecule has 146 valence electrons. The van der Waals surface area contributed by atoms with Crippen LogP contribution in [0.5, 0.6) is 5.75 Å². The van der Waals surface area contributed by atoms with Crippen LogP contribution in [0.1, 0.15) is 15.9 Å². The quantitative estimate of drug-likeness (QED) is 0.263. The molecule has 0 saturated heterocycles. The molecule has 7 nitrogen and oxygen atoms in total. The number of ketones is 1. The summed E-state index contributed by atoms with van der Waals surface area (Å²) in [4.78, 5) is 20.9. The SMILES string of the molecule is COc1ccc(C(=O)CSc2ncnc3c2nnn3Cc2ccccc2F)cc1. The normalized spacial score (nSPS) is 11.0. The Bertz CT molecular complexity index is 1160. The molecule has 4 rings (SSSR count). The second-order valence-corrected chi connectivity index (χ2v) is 7.09. The van der Waals surface area contributed by atoms with Crippen LogP contribution in [-0.2, 0) is 6.54 Å². The highest BCUT2D eigenvalue weighted by Crippen LogP contribution is 2.24. The second-order valence-electron chi connectivity index (χ2n) is 6.13. The zero-order chi connectivity index (χ0) is 20.2. The lowest BCUT2D eigenvalue weighted by Gasteiger charge is -2.04. The number of Topliss-reactive ketones (excluding diaryl/α,β-unsaturated/α-hetero) is 1. The minimum absolute atomic E-state index is 0.0387. The Morgan fingerprint density at radius 3 is 2.69 bits per heavy atom. The average Bonchev–Trinajstić information content (AvgIpc) is 3.17. The molecule has 2 heterocycles. The standard InChI is InChI=1S/C20H16FN5O2S/c1-28-15-8-6-13(7-9-15)17(27)11-29-20-18-19(22-12-23-20)26(25-24-18)10-14-4-2-3-5-16(14)21/h2-9,12H,10-11H2,1H3. The first-order valence-electron chi connectivity index (χ1n) is 8.73. The Kier molecular flexibility index (Phi) is 5.48. The number of rotatable bonds is 7. The van der Waals surface area contributed by atoms with Gasteiger partial charge in [-0.05, 0) is 30.3 Å². The van der Waals surface area contributed by atoms with Gasteiger partial charge < -0.3 is 4.74 Å². The Hall–Kier alpha value is -3.33. The van der Waals surface area contributed by atoms with Gasteiger partial charge in [-0.15, -0.1) is 5.10 Å². The van der Waals surface area contributed by atoms with E-state index in [1.165, 1.54) is 28.8 Å². The molecule has 0 radical (unpaired) electrons. The topological polar surface area (TPSA) is 82.8 Å². The number of nitrogens with zero attached hydrogens (tertiary/aromatic N) is 5. The number of methoxy groups -OCH3 is 1. The first-order valence-corrected chi connectivity index (χ1v) is 9.72. The van der Waals surface area contributed by atoms with Gasteiger partial charge in [0.2, 0.25) is 0 Å². The highest BCUT2D eigenvalue weighted by atomic mass is 32.2. The summed E-state index contributed by atoms with van der Waals surface area (Å²) in [6.45, 7) is 0.203. The summed E-state index contributed by atoms with van der Waals surface area (Å²) in [7, 11) is 1.58. The van der Waals surface area contributed by atoms with E-state index in [9.17, 15) is 9.18 Å². The van der Waals surface area contributed by atoms with Crippen molar-refractivity contribution in [3.63, 3.8) is 0 Å². The van der Waals surface area contributed by atoms with E-state index in [2.05, 4.69) is 20.3 Å². The summed E-state index contributed by atoms with van der Waals surface area (Å²) in [6.07, 6.45) is 1.39. The highest BCUT2D eigenvalue weighted by Gasteiger charge is 2.15. The Morgan fingerprint density at radius 2 is 1.93 bits per heavy atom. The van der Waals surface area contributed by atoms with E-state index >= 15 is 0 Å². The third-order valence-corrected chi connectivity index (χ3v) is 5.28. The van der Waals surface area contributed by atoms with E-state index in [0.29, 0.717) is 33.1 Å². The second kappa shape index (κ2) is 8.36. The van der Waals surface area contributed by atoms with Gasteiger partial charge in [-0.1, -0.05) is 35.2 Å². The van der Waals surface area contributed by atoms with E-state index in [-0.39, 0.29) is 23.9 Å². The van der Waals surface area contributed by atoms with Crippen molar-refractivity contribution >= 4 is 28.7 Å². The van der Waals surface area contributed by atoms with Crippen LogP contribution in [0.25, 0.3) is 11.2 Å². The number of benzene rings is 2. The maximum Gasteiger partial charge on any atom is 0.183 e. The van der Waals surface area contributed by atoms with Gasteiger partial charge >= 0.3 is 0 Å². The highest BCUT2D eigenvalue weighted by molar-refractivity contribution is 8.00. The third-order valence-electron chi connectivity index (χ3n) is 4.30. The van der Waals surface area contributed by atoms with E-state index in [4.69, 9.17) is 4.74 Å². The van der Waals surface area contributed by atoms with Gasteiger partial charge in [-0.25, -0.2) is 19.0 Å². The molecule has 4 aromatic rings. The molecule has 9 heteroatoms. The van der Waals surface area contributed by atoms with Crippen molar-refractivity contribution in [2.45, 2.75) is 11.6 Å². The number of carbonyl (C=O) groups excluding carboxylic acids is 1. The molecule has 29 heavy (non-hydrogen) atoms. The first kappa shape index (κ1) is 19.0. The zero-order valence-corrected chi connectivity index (χ0v) is 16.3. The van der Waals surface area contributed by atoms with Gasteiger partial charge in [-0.3, -0.25) is 4.79 Å². The minimum Gasteiger partial charge on any atom is -0.497 e. The van der Waals surface area contributed by atoms with Crippen LogP contribution >= 0.6 is 11.8 Å². The number of halogens is 1. The molecule has 0 amide bonds. The van der Waals surface area contributed by atoms with Crippen LogP contribution in [-0.4, -0.2) is 43.6 Å². The van der Waals surface area contributed by atoms with Crippen LogP contribution in [0.15, 0.2) is 59.9 Å². The largest absolute Gasteiger partial charge is 0.497 e. The van der Waals surface area contributed by atoms with Crippen LogP contribution in [0, 0.1) is 5.82 Å². The van der Waals surface area contributed by atoms with Gasteiger partial charge in [-0.2, -0.15) is 0 Å². The van der Waals surface area contributed by atoms with Crippen molar-refractivity contribution in [1.82, 2.24) is 25.0 Å². The van der Waals surface area contributed by atoms with Gasteiger partial charge in [0.1, 0.15) is 22.9 Å². The van der Waals surface area contributed by atoms with Crippen molar-refractivity contribution in [1.29, 1.82) is 0 Å². The molecule has 0 unspecified atom stereocenters. The smallest absolute Gasteiger partial charge is 0.183 e. The number of aromatic nitrogens is 5. The van der Waals surface area contributed by atoms with Crippen molar-refractivity contribution in [3.05, 3.63) is 71.8 Å². The van der Waals surface area contributed by atoms with E-state index < -0.39 is 0 Å². The molecule has 2 aromatic carbocycles. The van der Waals surface area contributed by atoms with Crippen LogP contribution < -0.4 is 4.74 Å². The minimum atomic E-state index is -0.315. The number of fused-ring (bicyclic) bond motifs is 1. The summed E-state index contributed by atoms with van der Waals surface area (Å²) in [5, 5.41) is 8.77. The molecule has 0 aliphatic carbocycles. The third kappa shape index (κ3) is 4.09. The Balaban J connectivity index is 1.52. The molecule has 0 spiro atoms. The molecular weight excluding hydrogens is 393 g/mol. The van der Waals surface area contributed by atoms with Crippen molar-refractivity contribution in [3.8, 4) is 5.75 Å². The molecule has 0 N–H and O–H groups in total. The summed E-state index contributed by atoms with van der Waals surface area (Å²) < 4.78 is 20.6. The van der Waals surface area contributed by atoms with Crippen molar-refractivity contribution in [2.24, 2.45) is 0 Å². The van der Waals surface area contributed by atoms with Gasteiger partial charge in [0, 0.05) is 11.1 Å². The lowest BCUT2D eigenvalue weighted by Crippen LogP contribution is -2.05. The van der Waals surface area contributed by atoms with E-state index in [1.54, 1.807) is 49.6 Å². The fourth-order valence-corrected chi connectivity index (χ4v) is 3.59. The van der Waals surface area contributed by atoms with Gasteiger partial charge in [0.05, 0.1) is 19.4 Å². The first-order chi connectivity index (χ1) is 14.2. The lowest BCUT2D eigenvalue weighted by atomic mass is 10.1. The molecular formula is C20H16FN5O2S. The fraction of sp³-hybridized carbons (Fsp3) is 0.150. The zero-order valence-electron chi connectivity index (χ0n) is 15.4. The Labute approximate surface area is 169 Å². The van der Waals surface area contributed by atoms with Gasteiger partial charge in [0.15, 0.2) is 16.9 Å². The number of thioether (sulfide) groups is 1. The maximum atomic E-state index is 13.9. The summed E-state index contributed by atoms with van der Waals surface area (Å²) in [5.74, 6) is 0.532. The number of carbonyl (C=O) groups is 1. The molecule has 0 fully saturated rings. The molecule has 0 bridgehead atoms. The van der Waals surface area contributed by atoms with Crippen molar-refractivity contribution < 1.29 is 13.9 Å². The summed E-state index contributed by atoms with van der Waals surface area (Å²) in [6, 6.07) is 13.4. The van der Waals surface area contributed by atoms with Crippen molar-refractivity contribution in [2.75, 3.05) is 12.9 Å². The summed E-state index contributed by atoms with van der Waals surface area (Å²) >= 11 is 1.26. The number of hydrogen-bond acceptors (Lipinski definition) is 7. The fourth-order valence-electron chi connectivity index (χ4n) is 2.77. The molecule has 0 aliphatic rings. The number of ether oxygens (including phenoxy) is 1. The van der Waals surface area contributed by atoms with E-state index in [1.807, 2.05) is 0 Å². The predicted molar refractivity (Wildman–Crippen MR) is 107 cm³/mol. The lowest BCUT2D eigenvalue weighted by molar-refractivity contribution is 0.102.